The summed E-state index contributed by atoms with van der Waals surface area (Å²) in [5.41, 5.74) is 5.58. The molecule has 3 N–H and O–H groups in total. The normalized spacial score (nSPS) is 12.0. The zero-order valence-corrected chi connectivity index (χ0v) is 7.54. The molecule has 0 saturated carbocycles. The van der Waals surface area contributed by atoms with Gasteiger partial charge in [0.1, 0.15) is 10.9 Å². The summed E-state index contributed by atoms with van der Waals surface area (Å²) in [5, 5.41) is 17.0. The summed E-state index contributed by atoms with van der Waals surface area (Å²) < 4.78 is 0. The van der Waals surface area contributed by atoms with Crippen molar-refractivity contribution in [1.29, 1.82) is 5.26 Å². The lowest BCUT2D eigenvalue weighted by molar-refractivity contribution is -0.137. The van der Waals surface area contributed by atoms with Crippen LogP contribution in [0, 0.1) is 11.3 Å². The van der Waals surface area contributed by atoms with Crippen molar-refractivity contribution in [3.8, 4) is 6.07 Å². The van der Waals surface area contributed by atoms with E-state index in [2.05, 4.69) is 0 Å². The first-order chi connectivity index (χ1) is 6.13. The standard InChI is InChI=1S/C8H8N2O2S/c9-4-5-1-2-7(13-5)6(10)3-8(11)12/h1-2,6H,3,10H2,(H,11,12)/t6-/m0/s1. The Morgan fingerprint density at radius 1 is 1.77 bits per heavy atom. The minimum atomic E-state index is -0.931. The van der Waals surface area contributed by atoms with Gasteiger partial charge >= 0.3 is 5.97 Å². The highest BCUT2D eigenvalue weighted by molar-refractivity contribution is 7.12. The average Bonchev–Trinajstić information content (AvgIpc) is 2.50. The van der Waals surface area contributed by atoms with E-state index in [-0.39, 0.29) is 6.42 Å². The molecule has 1 rings (SSSR count). The second-order valence-electron chi connectivity index (χ2n) is 2.52. The second kappa shape index (κ2) is 4.03. The Bertz CT molecular complexity index is 353. The maximum atomic E-state index is 10.3. The quantitative estimate of drug-likeness (QED) is 0.757. The fraction of sp³-hybridized carbons (Fsp3) is 0.250. The number of carboxylic acid groups (broad SMARTS) is 1. The van der Waals surface area contributed by atoms with E-state index < -0.39 is 12.0 Å². The van der Waals surface area contributed by atoms with Crippen molar-refractivity contribution in [3.63, 3.8) is 0 Å². The van der Waals surface area contributed by atoms with Crippen LogP contribution in [0.1, 0.15) is 22.2 Å². The predicted molar refractivity (Wildman–Crippen MR) is 48.2 cm³/mol. The van der Waals surface area contributed by atoms with Crippen LogP contribution in [-0.2, 0) is 4.79 Å². The van der Waals surface area contributed by atoms with Crippen LogP contribution in [0.2, 0.25) is 0 Å². The minimum Gasteiger partial charge on any atom is -0.481 e. The number of aliphatic carboxylic acids is 1. The van der Waals surface area contributed by atoms with Gasteiger partial charge in [-0.15, -0.1) is 11.3 Å². The first-order valence-corrected chi connectivity index (χ1v) is 4.42. The molecule has 1 aromatic rings. The lowest BCUT2D eigenvalue weighted by Gasteiger charge is -2.04. The van der Waals surface area contributed by atoms with Crippen LogP contribution in [0.4, 0.5) is 0 Å². The first-order valence-electron chi connectivity index (χ1n) is 3.60. The fourth-order valence-corrected chi connectivity index (χ4v) is 1.71. The monoisotopic (exact) mass is 196 g/mol. The van der Waals surface area contributed by atoms with E-state index in [0.29, 0.717) is 4.88 Å². The molecule has 5 heteroatoms. The van der Waals surface area contributed by atoms with Crippen LogP contribution in [0.5, 0.6) is 0 Å². The maximum absolute atomic E-state index is 10.3. The van der Waals surface area contributed by atoms with Gasteiger partial charge in [-0.2, -0.15) is 5.26 Å². The molecule has 1 aromatic heterocycles. The first kappa shape index (κ1) is 9.71. The third-order valence-electron chi connectivity index (χ3n) is 1.50. The fourth-order valence-electron chi connectivity index (χ4n) is 0.901. The van der Waals surface area contributed by atoms with E-state index in [1.807, 2.05) is 6.07 Å². The van der Waals surface area contributed by atoms with Gasteiger partial charge in [0.2, 0.25) is 0 Å². The van der Waals surface area contributed by atoms with Crippen LogP contribution in [-0.4, -0.2) is 11.1 Å². The van der Waals surface area contributed by atoms with Gasteiger partial charge in [-0.05, 0) is 12.1 Å². The van der Waals surface area contributed by atoms with Gasteiger partial charge in [-0.3, -0.25) is 4.79 Å². The molecule has 0 spiro atoms. The average molecular weight is 196 g/mol. The van der Waals surface area contributed by atoms with Crippen LogP contribution in [0.3, 0.4) is 0 Å². The van der Waals surface area contributed by atoms with E-state index in [0.717, 1.165) is 4.88 Å². The second-order valence-corrected chi connectivity index (χ2v) is 3.63. The molecule has 0 saturated heterocycles. The third kappa shape index (κ3) is 2.54. The summed E-state index contributed by atoms with van der Waals surface area (Å²) in [6, 6.07) is 4.79. The van der Waals surface area contributed by atoms with Crippen molar-refractivity contribution >= 4 is 17.3 Å². The van der Waals surface area contributed by atoms with Crippen molar-refractivity contribution in [2.75, 3.05) is 0 Å². The van der Waals surface area contributed by atoms with E-state index in [1.54, 1.807) is 12.1 Å². The van der Waals surface area contributed by atoms with Crippen LogP contribution in [0.15, 0.2) is 12.1 Å². The van der Waals surface area contributed by atoms with Crippen molar-refractivity contribution in [1.82, 2.24) is 0 Å². The number of nitrogens with two attached hydrogens (primary N) is 1. The smallest absolute Gasteiger partial charge is 0.305 e. The molecule has 68 valence electrons. The molecule has 0 bridgehead atoms. The van der Waals surface area contributed by atoms with Gasteiger partial charge in [0.15, 0.2) is 0 Å². The molecular weight excluding hydrogens is 188 g/mol. The molecule has 0 aromatic carbocycles. The molecule has 0 unspecified atom stereocenters. The predicted octanol–water partition coefficient (Wildman–Crippen LogP) is 1.09. The zero-order valence-electron chi connectivity index (χ0n) is 6.73. The molecule has 0 aliphatic rings. The van der Waals surface area contributed by atoms with E-state index >= 15 is 0 Å². The molecular formula is C8H8N2O2S. The SMILES string of the molecule is N#Cc1ccc([C@@H](N)CC(=O)O)s1. The summed E-state index contributed by atoms with van der Waals surface area (Å²) in [6.45, 7) is 0. The molecule has 0 radical (unpaired) electrons. The number of nitriles is 1. The van der Waals surface area contributed by atoms with E-state index in [4.69, 9.17) is 16.1 Å². The van der Waals surface area contributed by atoms with Gasteiger partial charge in [0, 0.05) is 10.9 Å². The Labute approximate surface area is 79.2 Å². The number of nitrogens with zero attached hydrogens (tertiary/aromatic N) is 1. The van der Waals surface area contributed by atoms with Gasteiger partial charge in [-0.1, -0.05) is 0 Å². The highest BCUT2D eigenvalue weighted by atomic mass is 32.1. The molecule has 0 aliphatic heterocycles. The summed E-state index contributed by atoms with van der Waals surface area (Å²) in [5.74, 6) is -0.931. The van der Waals surface area contributed by atoms with Gasteiger partial charge < -0.3 is 10.8 Å². The molecule has 4 nitrogen and oxygen atoms in total. The molecule has 1 atom stereocenters. The minimum absolute atomic E-state index is 0.106. The number of hydrogen-bond donors (Lipinski definition) is 2. The molecule has 0 aliphatic carbocycles. The maximum Gasteiger partial charge on any atom is 0.305 e. The van der Waals surface area contributed by atoms with Crippen molar-refractivity contribution < 1.29 is 9.90 Å². The summed E-state index contributed by atoms with van der Waals surface area (Å²) in [4.78, 5) is 11.6. The van der Waals surface area contributed by atoms with Crippen molar-refractivity contribution in [2.24, 2.45) is 5.73 Å². The highest BCUT2D eigenvalue weighted by Crippen LogP contribution is 2.23. The van der Waals surface area contributed by atoms with Crippen molar-refractivity contribution in [2.45, 2.75) is 12.5 Å². The van der Waals surface area contributed by atoms with Crippen LogP contribution < -0.4 is 5.73 Å². The summed E-state index contributed by atoms with van der Waals surface area (Å²) in [7, 11) is 0. The van der Waals surface area contributed by atoms with E-state index in [9.17, 15) is 4.79 Å². The third-order valence-corrected chi connectivity index (χ3v) is 2.62. The number of thiophene rings is 1. The Hall–Kier alpha value is -1.38. The topological polar surface area (TPSA) is 87.1 Å². The molecule has 1 heterocycles. The number of carbonyl (C=O) groups is 1. The summed E-state index contributed by atoms with van der Waals surface area (Å²) >= 11 is 1.23. The lowest BCUT2D eigenvalue weighted by Crippen LogP contribution is -2.13. The van der Waals surface area contributed by atoms with Crippen molar-refractivity contribution in [3.05, 3.63) is 21.9 Å². The highest BCUT2D eigenvalue weighted by Gasteiger charge is 2.12. The lowest BCUT2D eigenvalue weighted by atomic mass is 10.2. The number of hydrogen-bond acceptors (Lipinski definition) is 4. The Kier molecular flexibility index (Phi) is 3.01. The Morgan fingerprint density at radius 2 is 2.46 bits per heavy atom. The van der Waals surface area contributed by atoms with Gasteiger partial charge in [0.25, 0.3) is 0 Å². The molecule has 0 fully saturated rings. The Morgan fingerprint density at radius 3 is 2.92 bits per heavy atom. The zero-order chi connectivity index (χ0) is 9.84. The number of rotatable bonds is 3. The van der Waals surface area contributed by atoms with E-state index in [1.165, 1.54) is 11.3 Å². The van der Waals surface area contributed by atoms with Crippen LogP contribution >= 0.6 is 11.3 Å². The Balaban J connectivity index is 2.72. The molecule has 0 amide bonds. The molecule has 13 heavy (non-hydrogen) atoms. The van der Waals surface area contributed by atoms with Gasteiger partial charge in [-0.25, -0.2) is 0 Å². The van der Waals surface area contributed by atoms with Gasteiger partial charge in [0.05, 0.1) is 6.42 Å². The van der Waals surface area contributed by atoms with Crippen LogP contribution in [0.25, 0.3) is 0 Å². The largest absolute Gasteiger partial charge is 0.481 e. The summed E-state index contributed by atoms with van der Waals surface area (Å²) in [6.07, 6.45) is -0.106. The number of carboxylic acids is 1.